The van der Waals surface area contributed by atoms with Crippen molar-refractivity contribution in [3.05, 3.63) is 0 Å². The molecule has 0 radical (unpaired) electrons. The van der Waals surface area contributed by atoms with E-state index in [0.29, 0.717) is 159 Å². The van der Waals surface area contributed by atoms with Crippen LogP contribution < -0.4 is 0 Å². The normalized spacial score (nSPS) is 11.4. The first-order valence-corrected chi connectivity index (χ1v) is 16.4. The molecule has 0 aliphatic heterocycles. The summed E-state index contributed by atoms with van der Waals surface area (Å²) in [6.45, 7) is 14.9. The van der Waals surface area contributed by atoms with E-state index in [9.17, 15) is 4.79 Å². The van der Waals surface area contributed by atoms with Crippen molar-refractivity contribution < 1.29 is 71.1 Å². The molecule has 276 valence electrons. The minimum absolute atomic E-state index is 0.0705. The molecule has 0 atom stereocenters. The first-order valence-electron chi connectivity index (χ1n) is 16.4. The van der Waals surface area contributed by atoms with Crippen LogP contribution in [-0.4, -0.2) is 185 Å². The van der Waals surface area contributed by atoms with Crippen LogP contribution in [0.15, 0.2) is 0 Å². The van der Waals surface area contributed by atoms with Crippen LogP contribution in [0.25, 0.3) is 0 Å². The van der Waals surface area contributed by atoms with Gasteiger partial charge >= 0.3 is 5.97 Å². The summed E-state index contributed by atoms with van der Waals surface area (Å²) < 4.78 is 74.8. The molecule has 0 saturated heterocycles. The van der Waals surface area contributed by atoms with Crippen LogP contribution >= 0.6 is 0 Å². The molecule has 0 aromatic rings. The number of hydrogen-bond acceptors (Lipinski definition) is 15. The highest BCUT2D eigenvalue weighted by molar-refractivity contribution is 5.70. The van der Waals surface area contributed by atoms with E-state index in [4.69, 9.17) is 61.6 Å². The summed E-state index contributed by atoms with van der Waals surface area (Å²) in [5.74, 6) is -0.408. The summed E-state index contributed by atoms with van der Waals surface area (Å²) in [5.41, 5.74) is 0. The Morgan fingerprint density at radius 1 is 0.326 bits per heavy atom. The van der Waals surface area contributed by atoms with Crippen molar-refractivity contribution in [2.45, 2.75) is 19.8 Å². The van der Waals surface area contributed by atoms with Crippen LogP contribution in [0, 0.1) is 0 Å². The number of rotatable bonds is 41. The maximum absolute atomic E-state index is 10.9. The number of carbonyl (C=O) groups excluding carboxylic acids is 1. The molecule has 0 aliphatic carbocycles. The summed E-state index contributed by atoms with van der Waals surface area (Å²) in [7, 11) is 1.32. The second kappa shape index (κ2) is 42.0. The van der Waals surface area contributed by atoms with Crippen molar-refractivity contribution >= 4 is 5.97 Å². The Morgan fingerprint density at radius 2 is 0.522 bits per heavy atom. The largest absolute Gasteiger partial charge is 0.467 e. The van der Waals surface area contributed by atoms with Crippen molar-refractivity contribution in [2.75, 3.05) is 179 Å². The van der Waals surface area contributed by atoms with Gasteiger partial charge in [0, 0.05) is 6.61 Å². The van der Waals surface area contributed by atoms with Gasteiger partial charge in [0.05, 0.1) is 166 Å². The van der Waals surface area contributed by atoms with E-state index >= 15 is 0 Å². The van der Waals surface area contributed by atoms with Crippen LogP contribution in [0.4, 0.5) is 0 Å². The number of esters is 1. The van der Waals surface area contributed by atoms with Crippen LogP contribution in [0.2, 0.25) is 0 Å². The quantitative estimate of drug-likeness (QED) is 0.0675. The Labute approximate surface area is 275 Å². The first-order chi connectivity index (χ1) is 22.8. The maximum Gasteiger partial charge on any atom is 0.331 e. The number of hydrogen-bond donors (Lipinski definition) is 0. The molecule has 0 aromatic carbocycles. The molecule has 0 heterocycles. The fourth-order valence-corrected chi connectivity index (χ4v) is 3.10. The average Bonchev–Trinajstić information content (AvgIpc) is 3.07. The van der Waals surface area contributed by atoms with E-state index in [1.165, 1.54) is 7.11 Å². The van der Waals surface area contributed by atoms with E-state index in [1.807, 2.05) is 0 Å². The summed E-state index contributed by atoms with van der Waals surface area (Å²) in [6.07, 6.45) is 2.23. The molecule has 0 spiro atoms. The predicted octanol–water partition coefficient (Wildman–Crippen LogP) is 1.18. The van der Waals surface area contributed by atoms with Gasteiger partial charge in [0.1, 0.15) is 6.61 Å². The Hall–Kier alpha value is -1.05. The van der Waals surface area contributed by atoms with Crippen molar-refractivity contribution in [2.24, 2.45) is 0 Å². The zero-order valence-electron chi connectivity index (χ0n) is 28.4. The fourth-order valence-electron chi connectivity index (χ4n) is 3.10. The van der Waals surface area contributed by atoms with Gasteiger partial charge in [-0.2, -0.15) is 0 Å². The van der Waals surface area contributed by atoms with Gasteiger partial charge in [0.2, 0.25) is 0 Å². The van der Waals surface area contributed by atoms with Gasteiger partial charge in [0.25, 0.3) is 0 Å². The van der Waals surface area contributed by atoms with E-state index < -0.39 is 5.97 Å². The Balaban J connectivity index is 3.05. The Bertz CT molecular complexity index is 574. The number of unbranched alkanes of at least 4 members (excludes halogenated alkanes) is 1. The Kier molecular flexibility index (Phi) is 41.0. The highest BCUT2D eigenvalue weighted by Crippen LogP contribution is 1.89. The lowest BCUT2D eigenvalue weighted by Crippen LogP contribution is -2.16. The molecule has 0 rings (SSSR count). The van der Waals surface area contributed by atoms with Gasteiger partial charge in [-0.15, -0.1) is 0 Å². The number of methoxy groups -OCH3 is 1. The fraction of sp³-hybridized carbons (Fsp3) is 0.968. The van der Waals surface area contributed by atoms with E-state index in [-0.39, 0.29) is 6.61 Å². The molecule has 0 unspecified atom stereocenters. The Morgan fingerprint density at radius 3 is 0.717 bits per heavy atom. The van der Waals surface area contributed by atoms with Gasteiger partial charge in [-0.1, -0.05) is 13.3 Å². The highest BCUT2D eigenvalue weighted by Gasteiger charge is 1.99. The molecule has 15 nitrogen and oxygen atoms in total. The maximum atomic E-state index is 10.9. The zero-order chi connectivity index (χ0) is 33.3. The first kappa shape index (κ1) is 45.0. The molecule has 0 aliphatic rings. The number of ether oxygens (including phenoxy) is 14. The lowest BCUT2D eigenvalue weighted by atomic mass is 10.4. The third-order valence-electron chi connectivity index (χ3n) is 5.55. The van der Waals surface area contributed by atoms with Crippen molar-refractivity contribution in [3.63, 3.8) is 0 Å². The minimum Gasteiger partial charge on any atom is -0.467 e. The summed E-state index contributed by atoms with van der Waals surface area (Å²) >= 11 is 0. The summed E-state index contributed by atoms with van der Waals surface area (Å²) in [6, 6.07) is 0. The molecule has 0 amide bonds. The zero-order valence-corrected chi connectivity index (χ0v) is 28.4. The summed E-state index contributed by atoms with van der Waals surface area (Å²) in [4.78, 5) is 10.9. The smallest absolute Gasteiger partial charge is 0.331 e. The molecule has 0 N–H and O–H groups in total. The second-order valence-corrected chi connectivity index (χ2v) is 9.33. The van der Waals surface area contributed by atoms with Crippen molar-refractivity contribution in [1.29, 1.82) is 0 Å². The van der Waals surface area contributed by atoms with E-state index in [1.54, 1.807) is 0 Å². The molecule has 0 fully saturated rings. The third-order valence-corrected chi connectivity index (χ3v) is 5.55. The van der Waals surface area contributed by atoms with Gasteiger partial charge < -0.3 is 66.3 Å². The van der Waals surface area contributed by atoms with Crippen molar-refractivity contribution in [1.82, 2.24) is 0 Å². The van der Waals surface area contributed by atoms with Crippen LogP contribution in [0.1, 0.15) is 19.8 Å². The molecule has 0 aromatic heterocycles. The van der Waals surface area contributed by atoms with Crippen LogP contribution in [0.3, 0.4) is 0 Å². The standard InChI is InChI=1S/C31H62O15/c1-3-4-5-34-6-7-35-8-9-36-10-11-37-12-13-38-14-15-39-16-17-40-18-19-41-20-21-42-22-23-43-24-25-44-26-27-45-28-29-46-30-31(32)33-2/h3-30H2,1-2H3. The van der Waals surface area contributed by atoms with Gasteiger partial charge in [0.15, 0.2) is 0 Å². The summed E-state index contributed by atoms with van der Waals surface area (Å²) in [5, 5.41) is 0. The van der Waals surface area contributed by atoms with Gasteiger partial charge in [-0.25, -0.2) is 4.79 Å². The molecule has 0 saturated carbocycles. The molecular formula is C31H62O15. The van der Waals surface area contributed by atoms with Crippen LogP contribution in [-0.2, 0) is 71.1 Å². The van der Waals surface area contributed by atoms with E-state index in [2.05, 4.69) is 11.7 Å². The third kappa shape index (κ3) is 41.0. The molecule has 15 heteroatoms. The molecule has 46 heavy (non-hydrogen) atoms. The van der Waals surface area contributed by atoms with Crippen molar-refractivity contribution in [3.8, 4) is 0 Å². The van der Waals surface area contributed by atoms with Crippen LogP contribution in [0.5, 0.6) is 0 Å². The minimum atomic E-state index is -0.408. The average molecular weight is 675 g/mol. The van der Waals surface area contributed by atoms with Gasteiger partial charge in [-0.05, 0) is 6.42 Å². The number of carbonyl (C=O) groups is 1. The SMILES string of the molecule is CCCCOCCOCCOCCOCCOCCOCCOCCOCCOCCOCCOCCOCCOCC(=O)OC. The lowest BCUT2D eigenvalue weighted by molar-refractivity contribution is -0.146. The predicted molar refractivity (Wildman–Crippen MR) is 168 cm³/mol. The van der Waals surface area contributed by atoms with E-state index in [0.717, 1.165) is 19.4 Å². The topological polar surface area (TPSA) is 146 Å². The second-order valence-electron chi connectivity index (χ2n) is 9.33. The highest BCUT2D eigenvalue weighted by atomic mass is 16.6. The molecular weight excluding hydrogens is 612 g/mol. The monoisotopic (exact) mass is 674 g/mol. The lowest BCUT2D eigenvalue weighted by Gasteiger charge is -2.09. The van der Waals surface area contributed by atoms with Gasteiger partial charge in [-0.3, -0.25) is 0 Å². The molecule has 0 bridgehead atoms.